The summed E-state index contributed by atoms with van der Waals surface area (Å²) in [5.74, 6) is 0.325. The fourth-order valence-corrected chi connectivity index (χ4v) is 2.86. The summed E-state index contributed by atoms with van der Waals surface area (Å²) in [7, 11) is 0. The number of hydrogen-bond donors (Lipinski definition) is 1. The molecule has 0 heterocycles. The van der Waals surface area contributed by atoms with Crippen molar-refractivity contribution < 1.29 is 19.4 Å². The van der Waals surface area contributed by atoms with Crippen molar-refractivity contribution in [3.63, 3.8) is 0 Å². The lowest BCUT2D eigenvalue weighted by Gasteiger charge is -2.47. The summed E-state index contributed by atoms with van der Waals surface area (Å²) >= 11 is 0. The maximum atomic E-state index is 10.6. The first kappa shape index (κ1) is 15.4. The van der Waals surface area contributed by atoms with E-state index in [1.807, 2.05) is 6.92 Å². The molecule has 1 fully saturated rings. The van der Waals surface area contributed by atoms with Crippen LogP contribution in [-0.2, 0) is 14.3 Å². The number of carbonyl (C=O) groups is 1. The summed E-state index contributed by atoms with van der Waals surface area (Å²) in [5.41, 5.74) is -0.740. The summed E-state index contributed by atoms with van der Waals surface area (Å²) in [6.07, 6.45) is 3.03. The van der Waals surface area contributed by atoms with Gasteiger partial charge in [0.15, 0.2) is 0 Å². The molecule has 0 amide bonds. The largest absolute Gasteiger partial charge is 0.461 e. The third-order valence-corrected chi connectivity index (χ3v) is 3.98. The van der Waals surface area contributed by atoms with Crippen LogP contribution in [0.3, 0.4) is 0 Å². The summed E-state index contributed by atoms with van der Waals surface area (Å²) in [6, 6.07) is 0. The van der Waals surface area contributed by atoms with Gasteiger partial charge in [-0.05, 0) is 39.0 Å². The molecule has 0 radical (unpaired) electrons. The molecule has 4 nitrogen and oxygen atoms in total. The topological polar surface area (TPSA) is 55.8 Å². The highest BCUT2D eigenvalue weighted by atomic mass is 16.5. The smallest absolute Gasteiger partial charge is 0.293 e. The molecule has 0 aromatic carbocycles. The first-order valence-electron chi connectivity index (χ1n) is 6.77. The van der Waals surface area contributed by atoms with Crippen molar-refractivity contribution in [1.29, 1.82) is 0 Å². The Kier molecular flexibility index (Phi) is 5.17. The summed E-state index contributed by atoms with van der Waals surface area (Å²) in [6.45, 7) is 8.78. The number of carbonyl (C=O) groups excluding carboxylic acids is 1. The molecule has 3 unspecified atom stereocenters. The van der Waals surface area contributed by atoms with Gasteiger partial charge in [0.05, 0.1) is 18.3 Å². The van der Waals surface area contributed by atoms with Gasteiger partial charge in [0.1, 0.15) is 5.60 Å². The SMILES string of the molecule is CC(O)COC1(C(C)C)CCCC(C)(OC=O)C1. The lowest BCUT2D eigenvalue weighted by molar-refractivity contribution is -0.180. The first-order chi connectivity index (χ1) is 8.33. The Labute approximate surface area is 110 Å². The van der Waals surface area contributed by atoms with Crippen LogP contribution in [0.15, 0.2) is 0 Å². The summed E-state index contributed by atoms with van der Waals surface area (Å²) in [5, 5.41) is 9.40. The molecule has 106 valence electrons. The average molecular weight is 258 g/mol. The van der Waals surface area contributed by atoms with Crippen molar-refractivity contribution >= 4 is 6.47 Å². The van der Waals surface area contributed by atoms with Gasteiger partial charge in [-0.15, -0.1) is 0 Å². The standard InChI is InChI=1S/C14H26O4/c1-11(2)14(17-8-12(3)16)7-5-6-13(4,9-14)18-10-15/h10-12,16H,5-9H2,1-4H3. The van der Waals surface area contributed by atoms with Crippen molar-refractivity contribution in [2.24, 2.45) is 5.92 Å². The average Bonchev–Trinajstić information content (AvgIpc) is 2.26. The van der Waals surface area contributed by atoms with E-state index in [0.29, 0.717) is 25.4 Å². The fraction of sp³-hybridized carbons (Fsp3) is 0.929. The molecule has 0 aromatic rings. The second-order valence-corrected chi connectivity index (χ2v) is 6.07. The van der Waals surface area contributed by atoms with Crippen molar-refractivity contribution in [1.82, 2.24) is 0 Å². The molecule has 18 heavy (non-hydrogen) atoms. The van der Waals surface area contributed by atoms with Gasteiger partial charge in [0.2, 0.25) is 0 Å². The number of ether oxygens (including phenoxy) is 2. The Morgan fingerprint density at radius 2 is 2.00 bits per heavy atom. The Hall–Kier alpha value is -0.610. The molecule has 1 saturated carbocycles. The van der Waals surface area contributed by atoms with Crippen molar-refractivity contribution in [3.05, 3.63) is 0 Å². The second kappa shape index (κ2) is 6.02. The van der Waals surface area contributed by atoms with Gasteiger partial charge in [-0.1, -0.05) is 13.8 Å². The van der Waals surface area contributed by atoms with E-state index in [0.717, 1.165) is 19.3 Å². The molecule has 0 bridgehead atoms. The third kappa shape index (κ3) is 3.69. The van der Waals surface area contributed by atoms with E-state index in [-0.39, 0.29) is 5.60 Å². The van der Waals surface area contributed by atoms with E-state index in [9.17, 15) is 9.90 Å². The number of rotatable bonds is 6. The highest BCUT2D eigenvalue weighted by Gasteiger charge is 2.46. The van der Waals surface area contributed by atoms with Gasteiger partial charge in [-0.25, -0.2) is 0 Å². The Balaban J connectivity index is 2.80. The van der Waals surface area contributed by atoms with Gasteiger partial charge in [0.25, 0.3) is 6.47 Å². The maximum absolute atomic E-state index is 10.6. The van der Waals surface area contributed by atoms with E-state index < -0.39 is 11.7 Å². The Morgan fingerprint density at radius 3 is 2.50 bits per heavy atom. The van der Waals surface area contributed by atoms with E-state index in [1.54, 1.807) is 6.92 Å². The van der Waals surface area contributed by atoms with E-state index in [4.69, 9.17) is 9.47 Å². The molecule has 1 aliphatic rings. The quantitative estimate of drug-likeness (QED) is 0.743. The summed E-state index contributed by atoms with van der Waals surface area (Å²) in [4.78, 5) is 10.6. The first-order valence-corrected chi connectivity index (χ1v) is 6.77. The Morgan fingerprint density at radius 1 is 1.33 bits per heavy atom. The lowest BCUT2D eigenvalue weighted by Crippen LogP contribution is -2.51. The van der Waals surface area contributed by atoms with Gasteiger partial charge in [-0.2, -0.15) is 0 Å². The molecular weight excluding hydrogens is 232 g/mol. The highest BCUT2D eigenvalue weighted by molar-refractivity contribution is 5.38. The maximum Gasteiger partial charge on any atom is 0.293 e. The third-order valence-electron chi connectivity index (χ3n) is 3.98. The molecule has 1 N–H and O–H groups in total. The minimum absolute atomic E-state index is 0.299. The molecule has 3 atom stereocenters. The van der Waals surface area contributed by atoms with E-state index in [1.165, 1.54) is 0 Å². The van der Waals surface area contributed by atoms with Crippen LogP contribution in [0.1, 0.15) is 53.4 Å². The number of aliphatic hydroxyl groups is 1. The molecular formula is C14H26O4. The number of aliphatic hydroxyl groups excluding tert-OH is 1. The van der Waals surface area contributed by atoms with Gasteiger partial charge in [-0.3, -0.25) is 4.79 Å². The van der Waals surface area contributed by atoms with Crippen LogP contribution in [0.4, 0.5) is 0 Å². The van der Waals surface area contributed by atoms with E-state index in [2.05, 4.69) is 13.8 Å². The highest BCUT2D eigenvalue weighted by Crippen LogP contribution is 2.43. The lowest BCUT2D eigenvalue weighted by atomic mass is 9.70. The minimum Gasteiger partial charge on any atom is -0.461 e. The molecule has 4 heteroatoms. The molecule has 0 aliphatic heterocycles. The van der Waals surface area contributed by atoms with Gasteiger partial charge >= 0.3 is 0 Å². The van der Waals surface area contributed by atoms with Gasteiger partial charge in [0, 0.05) is 6.42 Å². The van der Waals surface area contributed by atoms with Crippen molar-refractivity contribution in [3.8, 4) is 0 Å². The predicted molar refractivity (Wildman–Crippen MR) is 69.2 cm³/mol. The zero-order valence-electron chi connectivity index (χ0n) is 11.9. The Bertz CT molecular complexity index is 277. The van der Waals surface area contributed by atoms with Crippen molar-refractivity contribution in [2.75, 3.05) is 6.61 Å². The predicted octanol–water partition coefficient (Wildman–Crippen LogP) is 2.28. The molecule has 0 saturated heterocycles. The van der Waals surface area contributed by atoms with Crippen LogP contribution in [0.5, 0.6) is 0 Å². The molecule has 0 aromatic heterocycles. The minimum atomic E-state index is -0.471. The fourth-order valence-electron chi connectivity index (χ4n) is 2.86. The van der Waals surface area contributed by atoms with E-state index >= 15 is 0 Å². The van der Waals surface area contributed by atoms with Crippen LogP contribution in [0, 0.1) is 5.92 Å². The van der Waals surface area contributed by atoms with Gasteiger partial charge < -0.3 is 14.6 Å². The molecule has 1 aliphatic carbocycles. The van der Waals surface area contributed by atoms with Crippen LogP contribution in [0.2, 0.25) is 0 Å². The van der Waals surface area contributed by atoms with Crippen LogP contribution >= 0.6 is 0 Å². The van der Waals surface area contributed by atoms with Crippen LogP contribution < -0.4 is 0 Å². The van der Waals surface area contributed by atoms with Crippen LogP contribution in [0.25, 0.3) is 0 Å². The monoisotopic (exact) mass is 258 g/mol. The number of hydrogen-bond acceptors (Lipinski definition) is 4. The zero-order valence-corrected chi connectivity index (χ0v) is 11.9. The normalized spacial score (nSPS) is 34.3. The zero-order chi connectivity index (χ0) is 13.8. The van der Waals surface area contributed by atoms with Crippen molar-refractivity contribution in [2.45, 2.75) is 70.7 Å². The second-order valence-electron chi connectivity index (χ2n) is 6.07. The van der Waals surface area contributed by atoms with Crippen LogP contribution in [-0.4, -0.2) is 35.5 Å². The molecule has 1 rings (SSSR count). The molecule has 0 spiro atoms. The summed E-state index contributed by atoms with van der Waals surface area (Å²) < 4.78 is 11.2.